The minimum absolute atomic E-state index is 0.0992. The molecular formula is C29H24F3N5O3. The molecule has 0 unspecified atom stereocenters. The molecule has 3 heterocycles. The average molecular weight is 548 g/mol. The number of alkyl halides is 3. The van der Waals surface area contributed by atoms with E-state index >= 15 is 0 Å². The summed E-state index contributed by atoms with van der Waals surface area (Å²) in [4.78, 5) is 21.7. The zero-order valence-electron chi connectivity index (χ0n) is 21.4. The van der Waals surface area contributed by atoms with Crippen LogP contribution in [0.2, 0.25) is 0 Å². The maximum absolute atomic E-state index is 13.4. The molecule has 204 valence electrons. The fourth-order valence-corrected chi connectivity index (χ4v) is 4.95. The van der Waals surface area contributed by atoms with Gasteiger partial charge >= 0.3 is 6.18 Å². The maximum Gasteiger partial charge on any atom is 0.416 e. The molecule has 0 saturated carbocycles. The highest BCUT2D eigenvalue weighted by molar-refractivity contribution is 5.95. The van der Waals surface area contributed by atoms with Gasteiger partial charge in [0, 0.05) is 44.2 Å². The molecule has 1 aliphatic heterocycles. The largest absolute Gasteiger partial charge is 0.436 e. The van der Waals surface area contributed by atoms with Crippen molar-refractivity contribution in [3.05, 3.63) is 101 Å². The van der Waals surface area contributed by atoms with E-state index in [9.17, 15) is 18.0 Å². The van der Waals surface area contributed by atoms with Crippen LogP contribution in [0.5, 0.6) is 0 Å². The molecule has 1 amide bonds. The SMILES string of the molecule is Cc1nnc([C@@H](c2ccccc2)N2CCN(C(=O)c3cccc(-c4nc5cc(C(F)(F)F)ccc5o4)c3)CC2)o1. The van der Waals surface area contributed by atoms with E-state index in [2.05, 4.69) is 20.1 Å². The Morgan fingerprint density at radius 1 is 0.900 bits per heavy atom. The number of piperazine rings is 1. The first kappa shape index (κ1) is 25.8. The van der Waals surface area contributed by atoms with E-state index in [-0.39, 0.29) is 28.9 Å². The Bertz CT molecular complexity index is 1660. The number of oxazole rings is 1. The first-order valence-electron chi connectivity index (χ1n) is 12.7. The van der Waals surface area contributed by atoms with Gasteiger partial charge in [0.15, 0.2) is 5.58 Å². The highest BCUT2D eigenvalue weighted by Gasteiger charge is 2.32. The van der Waals surface area contributed by atoms with Gasteiger partial charge in [-0.3, -0.25) is 9.69 Å². The third-order valence-electron chi connectivity index (χ3n) is 6.93. The number of nitrogens with zero attached hydrogens (tertiary/aromatic N) is 5. The molecule has 0 spiro atoms. The monoisotopic (exact) mass is 547 g/mol. The Kier molecular flexibility index (Phi) is 6.59. The molecule has 0 aliphatic carbocycles. The van der Waals surface area contributed by atoms with Crippen LogP contribution in [0.1, 0.15) is 39.3 Å². The molecule has 1 fully saturated rings. The lowest BCUT2D eigenvalue weighted by Gasteiger charge is -2.38. The fourth-order valence-electron chi connectivity index (χ4n) is 4.95. The number of rotatable bonds is 5. The molecule has 0 radical (unpaired) electrons. The van der Waals surface area contributed by atoms with E-state index in [0.717, 1.165) is 17.7 Å². The Morgan fingerprint density at radius 2 is 1.68 bits per heavy atom. The number of fused-ring (bicyclic) bond motifs is 1. The lowest BCUT2D eigenvalue weighted by Crippen LogP contribution is -2.50. The van der Waals surface area contributed by atoms with Crippen LogP contribution in [-0.2, 0) is 6.18 Å². The number of aromatic nitrogens is 3. The van der Waals surface area contributed by atoms with Gasteiger partial charge in [0.1, 0.15) is 11.6 Å². The molecule has 5 aromatic rings. The van der Waals surface area contributed by atoms with E-state index in [1.807, 2.05) is 30.3 Å². The number of benzene rings is 3. The molecule has 3 aromatic carbocycles. The maximum atomic E-state index is 13.4. The van der Waals surface area contributed by atoms with Gasteiger partial charge < -0.3 is 13.7 Å². The summed E-state index contributed by atoms with van der Waals surface area (Å²) in [6.07, 6.45) is -4.48. The van der Waals surface area contributed by atoms with Crippen molar-refractivity contribution in [3.8, 4) is 11.5 Å². The van der Waals surface area contributed by atoms with Crippen molar-refractivity contribution < 1.29 is 26.8 Å². The lowest BCUT2D eigenvalue weighted by molar-refractivity contribution is -0.137. The lowest BCUT2D eigenvalue weighted by atomic mass is 10.0. The molecular weight excluding hydrogens is 523 g/mol. The van der Waals surface area contributed by atoms with Crippen LogP contribution in [-0.4, -0.2) is 57.1 Å². The van der Waals surface area contributed by atoms with Crippen LogP contribution in [0.15, 0.2) is 81.6 Å². The van der Waals surface area contributed by atoms with Crippen molar-refractivity contribution in [2.24, 2.45) is 0 Å². The average Bonchev–Trinajstić information content (AvgIpc) is 3.59. The second-order valence-electron chi connectivity index (χ2n) is 9.58. The zero-order chi connectivity index (χ0) is 27.9. The minimum atomic E-state index is -4.48. The Balaban J connectivity index is 1.19. The van der Waals surface area contributed by atoms with Crippen LogP contribution >= 0.6 is 0 Å². The van der Waals surface area contributed by atoms with E-state index in [4.69, 9.17) is 8.83 Å². The summed E-state index contributed by atoms with van der Waals surface area (Å²) in [5.41, 5.74) is 1.51. The molecule has 0 N–H and O–H groups in total. The van der Waals surface area contributed by atoms with Crippen molar-refractivity contribution in [2.75, 3.05) is 26.2 Å². The third kappa shape index (κ3) is 5.07. The quantitative estimate of drug-likeness (QED) is 0.277. The third-order valence-corrected chi connectivity index (χ3v) is 6.93. The van der Waals surface area contributed by atoms with Gasteiger partial charge in [-0.2, -0.15) is 13.2 Å². The van der Waals surface area contributed by atoms with Gasteiger partial charge in [-0.05, 0) is 42.0 Å². The van der Waals surface area contributed by atoms with Crippen molar-refractivity contribution >= 4 is 17.0 Å². The molecule has 11 heteroatoms. The number of amides is 1. The van der Waals surface area contributed by atoms with Crippen LogP contribution in [0.3, 0.4) is 0 Å². The Morgan fingerprint density at radius 3 is 2.38 bits per heavy atom. The van der Waals surface area contributed by atoms with Crippen LogP contribution in [0.25, 0.3) is 22.6 Å². The summed E-state index contributed by atoms with van der Waals surface area (Å²) in [5, 5.41) is 8.26. The number of hydrogen-bond acceptors (Lipinski definition) is 7. The number of hydrogen-bond donors (Lipinski definition) is 0. The van der Waals surface area contributed by atoms with Crippen LogP contribution in [0.4, 0.5) is 13.2 Å². The van der Waals surface area contributed by atoms with E-state index in [0.29, 0.717) is 49.1 Å². The smallest absolute Gasteiger partial charge is 0.416 e. The number of halogens is 3. The second-order valence-corrected chi connectivity index (χ2v) is 9.58. The normalized spacial score (nSPS) is 15.4. The highest BCUT2D eigenvalue weighted by Crippen LogP contribution is 2.33. The van der Waals surface area contributed by atoms with Crippen molar-refractivity contribution in [2.45, 2.75) is 19.1 Å². The summed E-state index contributed by atoms with van der Waals surface area (Å²) in [6, 6.07) is 19.6. The summed E-state index contributed by atoms with van der Waals surface area (Å²) in [7, 11) is 0. The molecule has 6 rings (SSSR count). The fraction of sp³-hybridized carbons (Fsp3) is 0.241. The molecule has 8 nitrogen and oxygen atoms in total. The first-order chi connectivity index (χ1) is 19.3. The predicted molar refractivity (Wildman–Crippen MR) is 139 cm³/mol. The van der Waals surface area contributed by atoms with Crippen molar-refractivity contribution in [1.29, 1.82) is 0 Å². The molecule has 2 aromatic heterocycles. The van der Waals surface area contributed by atoms with Gasteiger partial charge in [0.05, 0.1) is 5.56 Å². The van der Waals surface area contributed by atoms with Gasteiger partial charge in [-0.1, -0.05) is 36.4 Å². The van der Waals surface area contributed by atoms with E-state index in [1.54, 1.807) is 36.1 Å². The van der Waals surface area contributed by atoms with Crippen molar-refractivity contribution in [1.82, 2.24) is 25.0 Å². The zero-order valence-corrected chi connectivity index (χ0v) is 21.4. The van der Waals surface area contributed by atoms with Crippen LogP contribution < -0.4 is 0 Å². The molecule has 1 aliphatic rings. The Labute approximate surface area is 227 Å². The van der Waals surface area contributed by atoms with E-state index in [1.165, 1.54) is 6.07 Å². The standard InChI is InChI=1S/C29H24F3N5O3/c1-18-34-35-27(39-18)25(19-6-3-2-4-7-19)36-12-14-37(15-13-36)28(38)21-9-5-8-20(16-21)26-33-23-17-22(29(30,31)32)10-11-24(23)40-26/h2-11,16-17,25H,12-15H2,1H3/t25-/m1/s1. The Hall–Kier alpha value is -4.51. The summed E-state index contributed by atoms with van der Waals surface area (Å²) >= 11 is 0. The van der Waals surface area contributed by atoms with Gasteiger partial charge in [-0.15, -0.1) is 10.2 Å². The topological polar surface area (TPSA) is 88.5 Å². The van der Waals surface area contributed by atoms with Gasteiger partial charge in [0.25, 0.3) is 5.91 Å². The molecule has 1 atom stereocenters. The number of carbonyl (C=O) groups is 1. The van der Waals surface area contributed by atoms with Gasteiger partial charge in [0.2, 0.25) is 17.7 Å². The summed E-state index contributed by atoms with van der Waals surface area (Å²) in [5.74, 6) is 0.998. The van der Waals surface area contributed by atoms with E-state index < -0.39 is 11.7 Å². The molecule has 40 heavy (non-hydrogen) atoms. The first-order valence-corrected chi connectivity index (χ1v) is 12.7. The van der Waals surface area contributed by atoms with Crippen LogP contribution in [0, 0.1) is 6.92 Å². The summed E-state index contributed by atoms with van der Waals surface area (Å²) in [6.45, 7) is 3.92. The summed E-state index contributed by atoms with van der Waals surface area (Å²) < 4.78 is 50.8. The second kappa shape index (κ2) is 10.2. The number of aryl methyl sites for hydroxylation is 1. The minimum Gasteiger partial charge on any atom is -0.436 e. The molecule has 1 saturated heterocycles. The number of carbonyl (C=O) groups excluding carboxylic acids is 1. The van der Waals surface area contributed by atoms with Gasteiger partial charge in [-0.25, -0.2) is 4.98 Å². The van der Waals surface area contributed by atoms with Crippen molar-refractivity contribution in [3.63, 3.8) is 0 Å². The highest BCUT2D eigenvalue weighted by atomic mass is 19.4. The molecule has 0 bridgehead atoms. The predicted octanol–water partition coefficient (Wildman–Crippen LogP) is 5.75.